The molecular weight excluding hydrogens is 502 g/mol. The molecule has 5 nitrogen and oxygen atoms in total. The summed E-state index contributed by atoms with van der Waals surface area (Å²) in [5.74, 6) is 1.54. The second kappa shape index (κ2) is 11.0. The highest BCUT2D eigenvalue weighted by Gasteiger charge is 2.41. The van der Waals surface area contributed by atoms with E-state index in [1.807, 2.05) is 40.9 Å². The van der Waals surface area contributed by atoms with E-state index >= 15 is 0 Å². The van der Waals surface area contributed by atoms with Crippen molar-refractivity contribution in [3.8, 4) is 11.8 Å². The Bertz CT molecular complexity index is 1550. The summed E-state index contributed by atoms with van der Waals surface area (Å²) in [6.07, 6.45) is 1.96. The van der Waals surface area contributed by atoms with Gasteiger partial charge in [-0.1, -0.05) is 35.9 Å². The Morgan fingerprint density at radius 1 is 1.08 bits per heavy atom. The predicted octanol–water partition coefficient (Wildman–Crippen LogP) is 7.22. The van der Waals surface area contributed by atoms with Crippen molar-refractivity contribution in [2.45, 2.75) is 56.6 Å². The first kappa shape index (κ1) is 26.6. The maximum Gasteiger partial charge on any atom is 0.161 e. The molecule has 2 aliphatic rings. The van der Waals surface area contributed by atoms with Crippen LogP contribution in [0, 0.1) is 32.1 Å². The third-order valence-corrected chi connectivity index (χ3v) is 8.96. The summed E-state index contributed by atoms with van der Waals surface area (Å²) >= 11 is 1.81. The van der Waals surface area contributed by atoms with Gasteiger partial charge in [0.2, 0.25) is 0 Å². The molecule has 0 saturated heterocycles. The number of carbonyl (C=O) groups excluding carboxylic acids is 1. The number of Topliss-reactive ketones (excluding diaryl/α,β-unsaturated/α-hetero) is 1. The molecular formula is C33H33N3O2S. The van der Waals surface area contributed by atoms with E-state index in [9.17, 15) is 10.1 Å². The number of anilines is 1. The largest absolute Gasteiger partial charge is 0.497 e. The van der Waals surface area contributed by atoms with Gasteiger partial charge in [0.1, 0.15) is 11.6 Å². The molecule has 0 bridgehead atoms. The van der Waals surface area contributed by atoms with Crippen LogP contribution < -0.4 is 15.4 Å². The summed E-state index contributed by atoms with van der Waals surface area (Å²) in [7, 11) is 1.63. The fourth-order valence-corrected chi connectivity index (χ4v) is 6.79. The van der Waals surface area contributed by atoms with Gasteiger partial charge in [-0.05, 0) is 86.2 Å². The van der Waals surface area contributed by atoms with Crippen LogP contribution in [-0.2, 0) is 10.5 Å². The number of benzene rings is 3. The van der Waals surface area contributed by atoms with Crippen LogP contribution in [-0.4, -0.2) is 12.9 Å². The molecule has 1 aliphatic heterocycles. The van der Waals surface area contributed by atoms with Crippen LogP contribution in [0.4, 0.5) is 5.69 Å². The minimum absolute atomic E-state index is 0.0942. The molecule has 0 aromatic heterocycles. The number of ketones is 1. The van der Waals surface area contributed by atoms with Crippen LogP contribution in [0.3, 0.4) is 0 Å². The lowest BCUT2D eigenvalue weighted by Crippen LogP contribution is -2.39. The highest BCUT2D eigenvalue weighted by Crippen LogP contribution is 2.47. The molecule has 0 radical (unpaired) electrons. The number of aryl methyl sites for hydroxylation is 2. The van der Waals surface area contributed by atoms with Crippen molar-refractivity contribution in [1.29, 1.82) is 5.26 Å². The van der Waals surface area contributed by atoms with Crippen LogP contribution in [0.5, 0.6) is 5.75 Å². The molecule has 1 aliphatic carbocycles. The molecule has 0 spiro atoms. The number of hydrogen-bond donors (Lipinski definition) is 1. The Kier molecular flexibility index (Phi) is 7.54. The standard InChI is InChI=1S/C33H33N3O2S/c1-20-16-23(19-39-30-11-6-5-8-21(30)2)22(3)26(17-20)31-27(18-34)33(35)36(24-12-14-25(38-4)15-13-24)28-9-7-10-29(37)32(28)31/h5-6,8,11-17,31H,7,9-10,19,35H2,1-4H3. The first-order valence-electron chi connectivity index (χ1n) is 13.2. The zero-order valence-corrected chi connectivity index (χ0v) is 23.7. The van der Waals surface area contributed by atoms with Crippen molar-refractivity contribution in [2.75, 3.05) is 12.0 Å². The summed E-state index contributed by atoms with van der Waals surface area (Å²) in [6.45, 7) is 6.31. The second-order valence-electron chi connectivity index (χ2n) is 10.2. The van der Waals surface area contributed by atoms with E-state index in [-0.39, 0.29) is 5.78 Å². The minimum Gasteiger partial charge on any atom is -0.497 e. The van der Waals surface area contributed by atoms with Gasteiger partial charge in [0.25, 0.3) is 0 Å². The van der Waals surface area contributed by atoms with E-state index in [1.54, 1.807) is 7.11 Å². The van der Waals surface area contributed by atoms with E-state index in [2.05, 4.69) is 63.2 Å². The smallest absolute Gasteiger partial charge is 0.161 e. The van der Waals surface area contributed by atoms with Crippen molar-refractivity contribution in [1.82, 2.24) is 0 Å². The molecule has 2 N–H and O–H groups in total. The van der Waals surface area contributed by atoms with Gasteiger partial charge in [0.05, 0.1) is 24.7 Å². The van der Waals surface area contributed by atoms with Crippen LogP contribution in [0.1, 0.15) is 53.0 Å². The molecule has 0 saturated carbocycles. The zero-order valence-electron chi connectivity index (χ0n) is 22.9. The van der Waals surface area contributed by atoms with Gasteiger partial charge in [-0.2, -0.15) is 5.26 Å². The van der Waals surface area contributed by atoms with Crippen LogP contribution >= 0.6 is 11.8 Å². The predicted molar refractivity (Wildman–Crippen MR) is 158 cm³/mol. The van der Waals surface area contributed by atoms with E-state index in [1.165, 1.54) is 16.0 Å². The van der Waals surface area contributed by atoms with Crippen molar-refractivity contribution < 1.29 is 9.53 Å². The first-order valence-corrected chi connectivity index (χ1v) is 14.2. The number of allylic oxidation sites excluding steroid dienone is 3. The summed E-state index contributed by atoms with van der Waals surface area (Å²) < 4.78 is 5.33. The summed E-state index contributed by atoms with van der Waals surface area (Å²) in [5.41, 5.74) is 15.3. The number of methoxy groups -OCH3 is 1. The molecule has 39 heavy (non-hydrogen) atoms. The molecule has 3 aromatic carbocycles. The number of hydrogen-bond acceptors (Lipinski definition) is 6. The Morgan fingerprint density at radius 2 is 1.82 bits per heavy atom. The highest BCUT2D eigenvalue weighted by molar-refractivity contribution is 7.98. The molecule has 198 valence electrons. The van der Waals surface area contributed by atoms with E-state index in [0.717, 1.165) is 52.4 Å². The van der Waals surface area contributed by atoms with E-state index in [4.69, 9.17) is 10.5 Å². The van der Waals surface area contributed by atoms with Gasteiger partial charge in [-0.3, -0.25) is 9.69 Å². The van der Waals surface area contributed by atoms with Crippen molar-refractivity contribution in [3.05, 3.63) is 111 Å². The van der Waals surface area contributed by atoms with Gasteiger partial charge in [0, 0.05) is 34.0 Å². The lowest BCUT2D eigenvalue weighted by atomic mass is 9.73. The summed E-state index contributed by atoms with van der Waals surface area (Å²) in [4.78, 5) is 16.8. The molecule has 5 rings (SSSR count). The third kappa shape index (κ3) is 4.95. The maximum absolute atomic E-state index is 13.6. The Labute approximate surface area is 235 Å². The van der Waals surface area contributed by atoms with Crippen molar-refractivity contribution >= 4 is 23.2 Å². The van der Waals surface area contributed by atoms with Gasteiger partial charge < -0.3 is 10.5 Å². The monoisotopic (exact) mass is 535 g/mol. The topological polar surface area (TPSA) is 79.3 Å². The average Bonchev–Trinajstić information content (AvgIpc) is 2.94. The number of thioether (sulfide) groups is 1. The zero-order chi connectivity index (χ0) is 27.7. The minimum atomic E-state index is -0.477. The SMILES string of the molecule is COc1ccc(N2C(N)=C(C#N)C(c3cc(C)cc(CSc4ccccc4C)c3C)C3=C2CCCC3=O)cc1. The molecule has 1 heterocycles. The molecule has 6 heteroatoms. The van der Waals surface area contributed by atoms with Gasteiger partial charge in [0.15, 0.2) is 5.78 Å². The molecule has 3 aromatic rings. The third-order valence-electron chi connectivity index (χ3n) is 7.73. The Balaban J connectivity index is 1.63. The van der Waals surface area contributed by atoms with Crippen LogP contribution in [0.25, 0.3) is 0 Å². The van der Waals surface area contributed by atoms with Crippen LogP contribution in [0.2, 0.25) is 0 Å². The second-order valence-corrected chi connectivity index (χ2v) is 11.2. The van der Waals surface area contributed by atoms with Crippen LogP contribution in [0.15, 0.2) is 88.2 Å². The number of nitrogens with two attached hydrogens (primary N) is 1. The van der Waals surface area contributed by atoms with E-state index < -0.39 is 5.92 Å². The first-order chi connectivity index (χ1) is 18.8. The average molecular weight is 536 g/mol. The maximum atomic E-state index is 13.6. The number of nitrogens with zero attached hydrogens (tertiary/aromatic N) is 2. The lowest BCUT2D eigenvalue weighted by molar-refractivity contribution is -0.116. The van der Waals surface area contributed by atoms with E-state index in [0.29, 0.717) is 23.4 Å². The fraction of sp³-hybridized carbons (Fsp3) is 0.273. The quantitative estimate of drug-likeness (QED) is 0.336. The normalized spacial score (nSPS) is 17.3. The number of rotatable bonds is 6. The van der Waals surface area contributed by atoms with Gasteiger partial charge >= 0.3 is 0 Å². The van der Waals surface area contributed by atoms with Gasteiger partial charge in [-0.25, -0.2) is 0 Å². The molecule has 0 amide bonds. The number of nitriles is 1. The molecule has 0 fully saturated rings. The summed E-state index contributed by atoms with van der Waals surface area (Å²) in [5, 5.41) is 10.5. The molecule has 1 unspecified atom stereocenters. The number of carbonyl (C=O) groups is 1. The highest BCUT2D eigenvalue weighted by atomic mass is 32.2. The Morgan fingerprint density at radius 3 is 2.51 bits per heavy atom. The van der Waals surface area contributed by atoms with Crippen molar-refractivity contribution in [2.24, 2.45) is 5.73 Å². The van der Waals surface area contributed by atoms with Crippen molar-refractivity contribution in [3.63, 3.8) is 0 Å². The Hall–Kier alpha value is -3.95. The number of ether oxygens (including phenoxy) is 1. The lowest BCUT2D eigenvalue weighted by Gasteiger charge is -2.40. The van der Waals surface area contributed by atoms with Gasteiger partial charge in [-0.15, -0.1) is 11.8 Å². The fourth-order valence-electron chi connectivity index (χ4n) is 5.71. The molecule has 1 atom stereocenters. The summed E-state index contributed by atoms with van der Waals surface area (Å²) in [6, 6.07) is 22.7.